The zero-order valence-electron chi connectivity index (χ0n) is 10.6. The van der Waals surface area contributed by atoms with Gasteiger partial charge in [-0.1, -0.05) is 11.6 Å². The minimum atomic E-state index is -3.71. The number of amides is 1. The highest BCUT2D eigenvalue weighted by Crippen LogP contribution is 2.32. The van der Waals surface area contributed by atoms with E-state index >= 15 is 0 Å². The van der Waals surface area contributed by atoms with Gasteiger partial charge in [0.05, 0.1) is 11.4 Å². The van der Waals surface area contributed by atoms with Crippen molar-refractivity contribution in [3.8, 4) is 0 Å². The van der Waals surface area contributed by atoms with E-state index in [1.165, 1.54) is 12.1 Å². The number of hydrogen-bond acceptors (Lipinski definition) is 4. The maximum Gasteiger partial charge on any atom is 0.242 e. The van der Waals surface area contributed by atoms with Gasteiger partial charge in [0.1, 0.15) is 4.90 Å². The smallest absolute Gasteiger partial charge is 0.242 e. The zero-order chi connectivity index (χ0) is 14.8. The van der Waals surface area contributed by atoms with Gasteiger partial charge in [0.25, 0.3) is 0 Å². The Hall–Kier alpha value is -1.15. The summed E-state index contributed by atoms with van der Waals surface area (Å²) in [6.07, 6.45) is 1.22. The first-order chi connectivity index (χ1) is 9.44. The molecule has 0 aromatic heterocycles. The minimum absolute atomic E-state index is 0.0229. The van der Waals surface area contributed by atoms with Crippen LogP contribution in [0.1, 0.15) is 18.4 Å². The summed E-state index contributed by atoms with van der Waals surface area (Å²) in [4.78, 5) is 11.2. The molecular formula is C12H15ClN2O4S. The number of hydrogen-bond donors (Lipinski definition) is 3. The van der Waals surface area contributed by atoms with E-state index in [-0.39, 0.29) is 35.4 Å². The Kier molecular flexibility index (Phi) is 4.64. The van der Waals surface area contributed by atoms with Gasteiger partial charge in [-0.05, 0) is 30.5 Å². The van der Waals surface area contributed by atoms with Crippen molar-refractivity contribution in [1.82, 2.24) is 4.72 Å². The molecule has 0 fully saturated rings. The fourth-order valence-corrected chi connectivity index (χ4v) is 3.60. The molecule has 0 bridgehead atoms. The van der Waals surface area contributed by atoms with Crippen LogP contribution < -0.4 is 10.0 Å². The average molecular weight is 319 g/mol. The zero-order valence-corrected chi connectivity index (χ0v) is 12.2. The third-order valence-corrected chi connectivity index (χ3v) is 4.88. The number of aliphatic hydroxyl groups excluding tert-OH is 1. The monoisotopic (exact) mass is 318 g/mol. The molecule has 0 saturated heterocycles. The van der Waals surface area contributed by atoms with Crippen molar-refractivity contribution in [3.05, 3.63) is 22.7 Å². The first kappa shape index (κ1) is 15.2. The Balaban J connectivity index is 2.20. The summed E-state index contributed by atoms with van der Waals surface area (Å²) in [5, 5.41) is 11.3. The molecule has 0 aliphatic carbocycles. The van der Waals surface area contributed by atoms with Crippen LogP contribution in [0, 0.1) is 0 Å². The molecule has 0 atom stereocenters. The fraction of sp³-hybridized carbons (Fsp3) is 0.417. The lowest BCUT2D eigenvalue weighted by Gasteiger charge is -2.10. The summed E-state index contributed by atoms with van der Waals surface area (Å²) < 4.78 is 26.7. The van der Waals surface area contributed by atoms with Crippen LogP contribution in [-0.4, -0.2) is 32.6 Å². The number of aliphatic hydroxyl groups is 1. The van der Waals surface area contributed by atoms with E-state index in [0.717, 1.165) is 0 Å². The van der Waals surface area contributed by atoms with Crippen LogP contribution >= 0.6 is 11.6 Å². The molecule has 1 aromatic rings. The van der Waals surface area contributed by atoms with Gasteiger partial charge in [-0.3, -0.25) is 4.79 Å². The van der Waals surface area contributed by atoms with Gasteiger partial charge in [0.15, 0.2) is 0 Å². The summed E-state index contributed by atoms with van der Waals surface area (Å²) in [6.45, 7) is 0.253. The van der Waals surface area contributed by atoms with E-state index in [1.807, 2.05) is 0 Å². The van der Waals surface area contributed by atoms with Crippen molar-refractivity contribution < 1.29 is 18.3 Å². The molecule has 1 amide bonds. The lowest BCUT2D eigenvalue weighted by atomic mass is 10.2. The van der Waals surface area contributed by atoms with Crippen LogP contribution in [0.2, 0.25) is 5.02 Å². The second-order valence-electron chi connectivity index (χ2n) is 4.49. The number of benzene rings is 1. The number of unbranched alkanes of at least 4 members (excludes halogenated alkanes) is 1. The van der Waals surface area contributed by atoms with Crippen molar-refractivity contribution >= 4 is 33.2 Å². The second kappa shape index (κ2) is 6.09. The Morgan fingerprint density at radius 3 is 2.80 bits per heavy atom. The highest BCUT2D eigenvalue weighted by atomic mass is 35.5. The van der Waals surface area contributed by atoms with Crippen LogP contribution in [0.4, 0.5) is 5.69 Å². The highest BCUT2D eigenvalue weighted by Gasteiger charge is 2.24. The maximum absolute atomic E-state index is 12.1. The lowest BCUT2D eigenvalue weighted by molar-refractivity contribution is -0.115. The molecule has 3 N–H and O–H groups in total. The Morgan fingerprint density at radius 1 is 1.35 bits per heavy atom. The summed E-state index contributed by atoms with van der Waals surface area (Å²) in [7, 11) is -3.71. The third kappa shape index (κ3) is 3.29. The second-order valence-corrected chi connectivity index (χ2v) is 6.64. The predicted molar refractivity (Wildman–Crippen MR) is 75.3 cm³/mol. The third-order valence-electron chi connectivity index (χ3n) is 2.95. The topological polar surface area (TPSA) is 95.5 Å². The molecule has 110 valence electrons. The summed E-state index contributed by atoms with van der Waals surface area (Å²) >= 11 is 5.97. The largest absolute Gasteiger partial charge is 0.396 e. The first-order valence-corrected chi connectivity index (χ1v) is 8.03. The normalized spacial score (nSPS) is 14.2. The van der Waals surface area contributed by atoms with Crippen molar-refractivity contribution in [3.63, 3.8) is 0 Å². The Labute approximate surface area is 122 Å². The average Bonchev–Trinajstić information content (AvgIpc) is 2.73. The lowest BCUT2D eigenvalue weighted by Crippen LogP contribution is -2.25. The van der Waals surface area contributed by atoms with Crippen molar-refractivity contribution in [2.45, 2.75) is 24.2 Å². The van der Waals surface area contributed by atoms with Gasteiger partial charge in [-0.2, -0.15) is 0 Å². The number of nitrogens with one attached hydrogen (secondary N) is 2. The molecule has 0 saturated carbocycles. The molecule has 2 rings (SSSR count). The molecule has 6 nitrogen and oxygen atoms in total. The van der Waals surface area contributed by atoms with E-state index in [1.54, 1.807) is 0 Å². The van der Waals surface area contributed by atoms with Crippen LogP contribution in [-0.2, 0) is 21.2 Å². The summed E-state index contributed by atoms with van der Waals surface area (Å²) in [5.74, 6) is -0.179. The summed E-state index contributed by atoms with van der Waals surface area (Å²) in [5.41, 5.74) is 1.18. The molecule has 8 heteroatoms. The van der Waals surface area contributed by atoms with Gasteiger partial charge in [-0.25, -0.2) is 13.1 Å². The Morgan fingerprint density at radius 2 is 2.10 bits per heavy atom. The van der Waals surface area contributed by atoms with Crippen LogP contribution in [0.3, 0.4) is 0 Å². The standard InChI is InChI=1S/C12H15ClN2O4S/c13-9-7-10-8(6-12(17)15-10)5-11(9)20(18,19)14-3-1-2-4-16/h5,7,14,16H,1-4,6H2,(H,15,17). The molecule has 1 heterocycles. The molecule has 1 aliphatic heterocycles. The van der Waals surface area contributed by atoms with Gasteiger partial charge >= 0.3 is 0 Å². The van der Waals surface area contributed by atoms with Crippen molar-refractivity contribution in [2.75, 3.05) is 18.5 Å². The molecule has 1 aromatic carbocycles. The van der Waals surface area contributed by atoms with E-state index in [0.29, 0.717) is 24.1 Å². The fourth-order valence-electron chi connectivity index (χ4n) is 1.95. The van der Waals surface area contributed by atoms with Crippen LogP contribution in [0.5, 0.6) is 0 Å². The van der Waals surface area contributed by atoms with Gasteiger partial charge < -0.3 is 10.4 Å². The SMILES string of the molecule is O=C1Cc2cc(S(=O)(=O)NCCCCO)c(Cl)cc2N1. The van der Waals surface area contributed by atoms with Gasteiger partial charge in [0, 0.05) is 18.8 Å². The van der Waals surface area contributed by atoms with Crippen LogP contribution in [0.25, 0.3) is 0 Å². The molecule has 1 aliphatic rings. The number of carbonyl (C=O) groups is 1. The number of carbonyl (C=O) groups excluding carboxylic acids is 1. The molecular weight excluding hydrogens is 304 g/mol. The Bertz CT molecular complexity index is 631. The van der Waals surface area contributed by atoms with Crippen molar-refractivity contribution in [1.29, 1.82) is 0 Å². The van der Waals surface area contributed by atoms with E-state index in [2.05, 4.69) is 10.0 Å². The first-order valence-electron chi connectivity index (χ1n) is 6.17. The van der Waals surface area contributed by atoms with E-state index in [4.69, 9.17) is 16.7 Å². The number of fused-ring (bicyclic) bond motifs is 1. The van der Waals surface area contributed by atoms with Gasteiger partial charge in [0.2, 0.25) is 15.9 Å². The molecule has 0 radical (unpaired) electrons. The molecule has 0 spiro atoms. The highest BCUT2D eigenvalue weighted by molar-refractivity contribution is 7.89. The van der Waals surface area contributed by atoms with E-state index in [9.17, 15) is 13.2 Å². The quantitative estimate of drug-likeness (QED) is 0.679. The minimum Gasteiger partial charge on any atom is -0.396 e. The van der Waals surface area contributed by atoms with Gasteiger partial charge in [-0.15, -0.1) is 0 Å². The molecule has 20 heavy (non-hydrogen) atoms. The maximum atomic E-state index is 12.1. The number of rotatable bonds is 6. The number of sulfonamides is 1. The predicted octanol–water partition coefficient (Wildman–Crippen LogP) is 0.885. The van der Waals surface area contributed by atoms with Crippen LogP contribution in [0.15, 0.2) is 17.0 Å². The number of anilines is 1. The number of halogens is 1. The van der Waals surface area contributed by atoms with Crippen molar-refractivity contribution in [2.24, 2.45) is 0 Å². The molecule has 0 unspecified atom stereocenters. The summed E-state index contributed by atoms with van der Waals surface area (Å²) in [6, 6.07) is 2.87. The van der Waals surface area contributed by atoms with E-state index < -0.39 is 10.0 Å².